The van der Waals surface area contributed by atoms with E-state index in [1.165, 1.54) is 54.0 Å². The molecule has 36 heavy (non-hydrogen) atoms. The van der Waals surface area contributed by atoms with Gasteiger partial charge in [0.2, 0.25) is 0 Å². The van der Waals surface area contributed by atoms with Crippen LogP contribution in [0.3, 0.4) is 0 Å². The van der Waals surface area contributed by atoms with Gasteiger partial charge in [-0.3, -0.25) is 4.79 Å². The number of fused-ring (bicyclic) bond motifs is 1. The van der Waals surface area contributed by atoms with Crippen LogP contribution in [0.2, 0.25) is 0 Å². The summed E-state index contributed by atoms with van der Waals surface area (Å²) in [6.45, 7) is 3.15. The molecule has 0 fully saturated rings. The van der Waals surface area contributed by atoms with Gasteiger partial charge >= 0.3 is 12.1 Å². The van der Waals surface area contributed by atoms with E-state index in [0.717, 1.165) is 12.1 Å². The molecule has 10 heteroatoms. The summed E-state index contributed by atoms with van der Waals surface area (Å²) in [7, 11) is 0. The molecule has 4 aromatic rings. The third kappa shape index (κ3) is 4.17. The van der Waals surface area contributed by atoms with E-state index in [9.17, 15) is 32.7 Å². The molecule has 1 N–H and O–H groups in total. The molecule has 2 aromatic carbocycles. The molecule has 6 nitrogen and oxygen atoms in total. The van der Waals surface area contributed by atoms with Gasteiger partial charge in [0.15, 0.2) is 5.65 Å². The number of carboxylic acids is 1. The van der Waals surface area contributed by atoms with E-state index in [-0.39, 0.29) is 23.5 Å². The Bertz CT molecular complexity index is 1490. The first-order valence-electron chi connectivity index (χ1n) is 10.9. The maximum atomic E-state index is 13.9. The first-order valence-corrected chi connectivity index (χ1v) is 10.9. The topological polar surface area (TPSA) is 91.3 Å². The highest BCUT2D eigenvalue weighted by Gasteiger charge is 2.44. The summed E-state index contributed by atoms with van der Waals surface area (Å²) in [5.41, 5.74) is -0.657. The largest absolute Gasteiger partial charge is 0.481 e. The summed E-state index contributed by atoms with van der Waals surface area (Å²) in [5.74, 6) is -2.42. The Balaban J connectivity index is 1.95. The Labute approximate surface area is 203 Å². The Morgan fingerprint density at radius 3 is 2.44 bits per heavy atom. The molecule has 0 radical (unpaired) electrons. The van der Waals surface area contributed by atoms with Crippen LogP contribution in [-0.4, -0.2) is 25.7 Å². The van der Waals surface area contributed by atoms with Gasteiger partial charge in [-0.25, -0.2) is 13.9 Å². The van der Waals surface area contributed by atoms with Gasteiger partial charge in [-0.05, 0) is 48.4 Å². The van der Waals surface area contributed by atoms with Gasteiger partial charge in [0, 0.05) is 12.1 Å². The highest BCUT2D eigenvalue weighted by molar-refractivity contribution is 5.84. The molecule has 0 saturated heterocycles. The second kappa shape index (κ2) is 9.07. The van der Waals surface area contributed by atoms with E-state index >= 15 is 0 Å². The second-order valence-electron chi connectivity index (χ2n) is 8.58. The molecule has 0 aliphatic carbocycles. The van der Waals surface area contributed by atoms with E-state index in [1.807, 2.05) is 6.07 Å². The molecule has 0 bridgehead atoms. The number of hydrogen-bond acceptors (Lipinski definition) is 4. The Kier molecular flexibility index (Phi) is 6.26. The highest BCUT2D eigenvalue weighted by atomic mass is 19.4. The van der Waals surface area contributed by atoms with E-state index in [1.54, 1.807) is 13.0 Å². The molecule has 0 saturated carbocycles. The predicted molar refractivity (Wildman–Crippen MR) is 123 cm³/mol. The number of aromatic nitrogens is 3. The Morgan fingerprint density at radius 2 is 1.86 bits per heavy atom. The van der Waals surface area contributed by atoms with Crippen molar-refractivity contribution in [3.8, 4) is 17.2 Å². The SMILES string of the molecule is CC(c1cccc(F)c1)[C@@](C)(C(=O)O)c1ccnc2c(-c3ccc(C(F)(F)F)cc3)c(CC#N)nn12. The lowest BCUT2D eigenvalue weighted by molar-refractivity contribution is -0.144. The second-order valence-corrected chi connectivity index (χ2v) is 8.58. The third-order valence-corrected chi connectivity index (χ3v) is 6.53. The fourth-order valence-corrected chi connectivity index (χ4v) is 4.33. The molecule has 0 aliphatic heterocycles. The van der Waals surface area contributed by atoms with Crippen LogP contribution in [0.5, 0.6) is 0 Å². The van der Waals surface area contributed by atoms with E-state index in [4.69, 9.17) is 0 Å². The molecule has 1 unspecified atom stereocenters. The lowest BCUT2D eigenvalue weighted by atomic mass is 9.72. The average Bonchev–Trinajstić information content (AvgIpc) is 3.20. The molecule has 2 atom stereocenters. The minimum atomic E-state index is -4.52. The lowest BCUT2D eigenvalue weighted by Gasteiger charge is -2.32. The smallest absolute Gasteiger partial charge is 0.416 e. The molecule has 184 valence electrons. The number of benzene rings is 2. The number of halogens is 4. The number of aliphatic carboxylic acids is 1. The monoisotopic (exact) mass is 496 g/mol. The van der Waals surface area contributed by atoms with Crippen LogP contribution in [0.4, 0.5) is 17.6 Å². The number of nitrogens with zero attached hydrogens (tertiary/aromatic N) is 4. The molecule has 0 amide bonds. The standard InChI is InChI=1S/C26H20F4N4O2/c1-15(17-4-3-5-19(27)14-17)25(2,24(35)36)21-11-13-32-23-22(20(10-12-31)33-34(21)23)16-6-8-18(9-7-16)26(28,29)30/h3-9,11,13-15H,10H2,1-2H3,(H,35,36)/t15?,25-/m1/s1. The summed E-state index contributed by atoms with van der Waals surface area (Å²) in [6.07, 6.45) is -3.31. The summed E-state index contributed by atoms with van der Waals surface area (Å²) in [6, 6.07) is 13.5. The van der Waals surface area contributed by atoms with E-state index < -0.39 is 34.9 Å². The highest BCUT2D eigenvalue weighted by Crippen LogP contribution is 2.41. The Hall–Kier alpha value is -4.26. The number of carbonyl (C=O) groups is 1. The van der Waals surface area contributed by atoms with Crippen molar-refractivity contribution in [2.45, 2.75) is 37.8 Å². The maximum absolute atomic E-state index is 13.9. The van der Waals surface area contributed by atoms with Crippen molar-refractivity contribution in [3.63, 3.8) is 0 Å². The molecule has 2 heterocycles. The van der Waals surface area contributed by atoms with Crippen LogP contribution < -0.4 is 0 Å². The zero-order valence-electron chi connectivity index (χ0n) is 19.2. The van der Waals surface area contributed by atoms with Gasteiger partial charge in [0.25, 0.3) is 0 Å². The molecule has 2 aromatic heterocycles. The van der Waals surface area contributed by atoms with Gasteiger partial charge in [-0.15, -0.1) is 0 Å². The molecule has 0 aliphatic rings. The number of carboxylic acid groups (broad SMARTS) is 1. The summed E-state index contributed by atoms with van der Waals surface area (Å²) < 4.78 is 54.4. The maximum Gasteiger partial charge on any atom is 0.416 e. The van der Waals surface area contributed by atoms with Crippen LogP contribution in [0.15, 0.2) is 60.8 Å². The minimum Gasteiger partial charge on any atom is -0.481 e. The van der Waals surface area contributed by atoms with Gasteiger partial charge in [0.1, 0.15) is 11.2 Å². The average molecular weight is 496 g/mol. The van der Waals surface area contributed by atoms with Crippen LogP contribution >= 0.6 is 0 Å². The van der Waals surface area contributed by atoms with Crippen molar-refractivity contribution in [2.75, 3.05) is 0 Å². The molecule has 0 spiro atoms. The predicted octanol–water partition coefficient (Wildman–Crippen LogP) is 5.77. The van der Waals surface area contributed by atoms with E-state index in [0.29, 0.717) is 16.7 Å². The quantitative estimate of drug-likeness (QED) is 0.343. The van der Waals surface area contributed by atoms with E-state index in [2.05, 4.69) is 10.1 Å². The van der Waals surface area contributed by atoms with Crippen molar-refractivity contribution in [3.05, 3.63) is 89.1 Å². The first kappa shape index (κ1) is 24.9. The summed E-state index contributed by atoms with van der Waals surface area (Å²) in [5, 5.41) is 24.1. The lowest BCUT2D eigenvalue weighted by Crippen LogP contribution is -2.39. The Morgan fingerprint density at radius 1 is 1.17 bits per heavy atom. The third-order valence-electron chi connectivity index (χ3n) is 6.53. The summed E-state index contributed by atoms with van der Waals surface area (Å²) >= 11 is 0. The van der Waals surface area contributed by atoms with Gasteiger partial charge in [-0.1, -0.05) is 31.2 Å². The van der Waals surface area contributed by atoms with Crippen molar-refractivity contribution in [1.82, 2.24) is 14.6 Å². The first-order chi connectivity index (χ1) is 17.0. The van der Waals surface area contributed by atoms with Gasteiger partial charge in [0.05, 0.1) is 35.0 Å². The molecular formula is C26H20F4N4O2. The zero-order valence-corrected chi connectivity index (χ0v) is 19.2. The number of rotatable bonds is 6. The van der Waals surface area contributed by atoms with Crippen LogP contribution in [0, 0.1) is 17.1 Å². The fraction of sp³-hybridized carbons (Fsp3) is 0.231. The normalized spacial score (nSPS) is 14.2. The molecular weight excluding hydrogens is 476 g/mol. The number of nitriles is 1. The van der Waals surface area contributed by atoms with Crippen LogP contribution in [-0.2, 0) is 22.8 Å². The van der Waals surface area contributed by atoms with Crippen molar-refractivity contribution >= 4 is 11.6 Å². The van der Waals surface area contributed by atoms with Crippen molar-refractivity contribution < 1.29 is 27.5 Å². The number of alkyl halides is 3. The van der Waals surface area contributed by atoms with Crippen LogP contribution in [0.25, 0.3) is 16.8 Å². The minimum absolute atomic E-state index is 0.178. The van der Waals surface area contributed by atoms with Gasteiger partial charge in [-0.2, -0.15) is 23.5 Å². The molecule has 4 rings (SSSR count). The van der Waals surface area contributed by atoms with Crippen LogP contribution in [0.1, 0.15) is 42.3 Å². The summed E-state index contributed by atoms with van der Waals surface area (Å²) in [4.78, 5) is 17.0. The van der Waals surface area contributed by atoms with Crippen molar-refractivity contribution in [2.24, 2.45) is 0 Å². The number of hydrogen-bond donors (Lipinski definition) is 1. The van der Waals surface area contributed by atoms with Crippen molar-refractivity contribution in [1.29, 1.82) is 5.26 Å². The zero-order chi connectivity index (χ0) is 26.3. The fourth-order valence-electron chi connectivity index (χ4n) is 4.33. The van der Waals surface area contributed by atoms with Gasteiger partial charge < -0.3 is 5.11 Å².